The average Bonchev–Trinajstić information content (AvgIpc) is 2.00. The number of nitrogens with zero attached hydrogens (tertiary/aromatic N) is 1. The van der Waals surface area contributed by atoms with Gasteiger partial charge in [0.15, 0.2) is 0 Å². The summed E-state index contributed by atoms with van der Waals surface area (Å²) in [7, 11) is 0. The van der Waals surface area contributed by atoms with Crippen molar-refractivity contribution in [2.75, 3.05) is 13.2 Å². The molecule has 0 aromatic carbocycles. The lowest BCUT2D eigenvalue weighted by molar-refractivity contribution is 0.124. The Bertz CT molecular complexity index is 187. The van der Waals surface area contributed by atoms with Crippen LogP contribution in [-0.4, -0.2) is 31.0 Å². The third-order valence-corrected chi connectivity index (χ3v) is 2.65. The van der Waals surface area contributed by atoms with E-state index in [2.05, 4.69) is 4.99 Å². The van der Waals surface area contributed by atoms with Crippen molar-refractivity contribution in [2.45, 2.75) is 37.8 Å². The Labute approximate surface area is 73.0 Å². The zero-order chi connectivity index (χ0) is 8.39. The first-order valence-electron chi connectivity index (χ1n) is 4.76. The van der Waals surface area contributed by atoms with Crippen LogP contribution in [-0.2, 0) is 4.74 Å². The van der Waals surface area contributed by atoms with Gasteiger partial charge in [0, 0.05) is 18.2 Å². The topological polar surface area (TPSA) is 47.6 Å². The first-order chi connectivity index (χ1) is 5.86. The van der Waals surface area contributed by atoms with E-state index >= 15 is 0 Å². The quantitative estimate of drug-likeness (QED) is 0.627. The Kier molecular flexibility index (Phi) is 2.42. The highest BCUT2D eigenvalue weighted by Gasteiger charge is 2.21. The Balaban J connectivity index is 1.94. The second-order valence-corrected chi connectivity index (χ2v) is 3.64. The molecule has 1 aliphatic heterocycles. The Morgan fingerprint density at radius 1 is 1.42 bits per heavy atom. The summed E-state index contributed by atoms with van der Waals surface area (Å²) in [6, 6.07) is 0.656. The summed E-state index contributed by atoms with van der Waals surface area (Å²) in [6.07, 6.45) is 4.80. The number of hydrogen-bond donors (Lipinski definition) is 1. The van der Waals surface area contributed by atoms with Gasteiger partial charge in [-0.2, -0.15) is 0 Å². The summed E-state index contributed by atoms with van der Waals surface area (Å²) in [5.41, 5.74) is 7.04. The maximum atomic E-state index is 5.85. The van der Waals surface area contributed by atoms with E-state index in [1.54, 1.807) is 0 Å². The zero-order valence-electron chi connectivity index (χ0n) is 7.33. The summed E-state index contributed by atoms with van der Waals surface area (Å²) < 4.78 is 5.24. The summed E-state index contributed by atoms with van der Waals surface area (Å²) in [5.74, 6) is 0. The lowest BCUT2D eigenvalue weighted by Gasteiger charge is -2.26. The second kappa shape index (κ2) is 3.54. The zero-order valence-corrected chi connectivity index (χ0v) is 7.33. The van der Waals surface area contributed by atoms with E-state index in [0.29, 0.717) is 12.6 Å². The fourth-order valence-electron chi connectivity index (χ4n) is 1.58. The van der Waals surface area contributed by atoms with E-state index in [1.807, 2.05) is 0 Å². The van der Waals surface area contributed by atoms with E-state index in [1.165, 1.54) is 25.0 Å². The minimum absolute atomic E-state index is 0.0688. The molecule has 2 rings (SSSR count). The van der Waals surface area contributed by atoms with Gasteiger partial charge in [0.25, 0.3) is 0 Å². The number of aliphatic imine (C=N–C) groups is 1. The summed E-state index contributed by atoms with van der Waals surface area (Å²) in [5, 5.41) is 0. The van der Waals surface area contributed by atoms with Crippen molar-refractivity contribution in [1.29, 1.82) is 0 Å². The minimum Gasteiger partial charge on any atom is -0.379 e. The minimum atomic E-state index is 0.0688. The van der Waals surface area contributed by atoms with Crippen molar-refractivity contribution in [2.24, 2.45) is 10.7 Å². The lowest BCUT2D eigenvalue weighted by Crippen LogP contribution is -2.41. The molecule has 1 aliphatic carbocycles. The molecular formula is C9H16N2O. The standard InChI is InChI=1S/C9H16N2O/c10-8-6-12-5-4-9(8)11-7-2-1-3-7/h7-8H,1-6,10H2/t8-/m1/s1. The SMILES string of the molecule is N[C@@H]1COCCC1=NC1CCC1. The summed E-state index contributed by atoms with van der Waals surface area (Å²) in [4.78, 5) is 4.63. The molecule has 1 heterocycles. The third kappa shape index (κ3) is 1.67. The molecule has 0 amide bonds. The predicted molar refractivity (Wildman–Crippen MR) is 48.5 cm³/mol. The fraction of sp³-hybridized carbons (Fsp3) is 0.889. The van der Waals surface area contributed by atoms with Gasteiger partial charge < -0.3 is 10.5 Å². The van der Waals surface area contributed by atoms with Crippen LogP contribution in [0, 0.1) is 0 Å². The Morgan fingerprint density at radius 2 is 2.25 bits per heavy atom. The average molecular weight is 168 g/mol. The normalized spacial score (nSPS) is 35.1. The molecule has 0 bridgehead atoms. The molecule has 1 saturated heterocycles. The van der Waals surface area contributed by atoms with Crippen LogP contribution in [0.4, 0.5) is 0 Å². The molecule has 2 aliphatic rings. The van der Waals surface area contributed by atoms with Crippen LogP contribution in [0.2, 0.25) is 0 Å². The van der Waals surface area contributed by atoms with Gasteiger partial charge in [-0.25, -0.2) is 0 Å². The highest BCUT2D eigenvalue weighted by molar-refractivity contribution is 5.90. The van der Waals surface area contributed by atoms with Crippen molar-refractivity contribution >= 4 is 5.71 Å². The van der Waals surface area contributed by atoms with Gasteiger partial charge >= 0.3 is 0 Å². The number of nitrogens with two attached hydrogens (primary N) is 1. The molecule has 68 valence electrons. The second-order valence-electron chi connectivity index (χ2n) is 3.64. The van der Waals surface area contributed by atoms with Crippen molar-refractivity contribution in [3.05, 3.63) is 0 Å². The fourth-order valence-corrected chi connectivity index (χ4v) is 1.58. The van der Waals surface area contributed by atoms with Crippen LogP contribution >= 0.6 is 0 Å². The molecule has 0 radical (unpaired) electrons. The largest absolute Gasteiger partial charge is 0.379 e. The van der Waals surface area contributed by atoms with Gasteiger partial charge in [0.1, 0.15) is 0 Å². The molecule has 2 N–H and O–H groups in total. The van der Waals surface area contributed by atoms with E-state index < -0.39 is 0 Å². The molecule has 2 fully saturated rings. The van der Waals surface area contributed by atoms with Gasteiger partial charge in [-0.05, 0) is 19.3 Å². The van der Waals surface area contributed by atoms with E-state index in [-0.39, 0.29) is 6.04 Å². The molecule has 12 heavy (non-hydrogen) atoms. The molecule has 1 saturated carbocycles. The predicted octanol–water partition coefficient (Wildman–Crippen LogP) is 0.727. The van der Waals surface area contributed by atoms with Crippen LogP contribution in [0.15, 0.2) is 4.99 Å². The van der Waals surface area contributed by atoms with Gasteiger partial charge in [-0.15, -0.1) is 0 Å². The number of ether oxygens (including phenoxy) is 1. The van der Waals surface area contributed by atoms with Gasteiger partial charge in [0.2, 0.25) is 0 Å². The van der Waals surface area contributed by atoms with Crippen LogP contribution in [0.3, 0.4) is 0 Å². The van der Waals surface area contributed by atoms with Gasteiger partial charge in [0.05, 0.1) is 19.3 Å². The maximum Gasteiger partial charge on any atom is 0.0671 e. The van der Waals surface area contributed by atoms with Gasteiger partial charge in [-0.1, -0.05) is 0 Å². The van der Waals surface area contributed by atoms with Crippen molar-refractivity contribution in [3.8, 4) is 0 Å². The molecule has 0 aromatic rings. The molecule has 0 aromatic heterocycles. The van der Waals surface area contributed by atoms with Gasteiger partial charge in [-0.3, -0.25) is 4.99 Å². The smallest absolute Gasteiger partial charge is 0.0671 e. The number of rotatable bonds is 1. The molecular weight excluding hydrogens is 152 g/mol. The summed E-state index contributed by atoms with van der Waals surface area (Å²) in [6.45, 7) is 1.46. The van der Waals surface area contributed by atoms with Crippen LogP contribution in [0.1, 0.15) is 25.7 Å². The van der Waals surface area contributed by atoms with Crippen LogP contribution in [0.25, 0.3) is 0 Å². The van der Waals surface area contributed by atoms with Crippen molar-refractivity contribution in [3.63, 3.8) is 0 Å². The maximum absolute atomic E-state index is 5.85. The highest BCUT2D eigenvalue weighted by atomic mass is 16.5. The molecule has 0 spiro atoms. The lowest BCUT2D eigenvalue weighted by atomic mass is 9.93. The first-order valence-corrected chi connectivity index (χ1v) is 4.76. The third-order valence-electron chi connectivity index (χ3n) is 2.65. The molecule has 1 atom stereocenters. The Morgan fingerprint density at radius 3 is 2.83 bits per heavy atom. The van der Waals surface area contributed by atoms with Crippen molar-refractivity contribution < 1.29 is 4.74 Å². The van der Waals surface area contributed by atoms with E-state index in [0.717, 1.165) is 13.0 Å². The van der Waals surface area contributed by atoms with E-state index in [9.17, 15) is 0 Å². The summed E-state index contributed by atoms with van der Waals surface area (Å²) >= 11 is 0. The van der Waals surface area contributed by atoms with Crippen LogP contribution < -0.4 is 5.73 Å². The first kappa shape index (κ1) is 8.20. The number of hydrogen-bond acceptors (Lipinski definition) is 3. The molecule has 3 nitrogen and oxygen atoms in total. The molecule has 3 heteroatoms. The Hall–Kier alpha value is -0.410. The van der Waals surface area contributed by atoms with Crippen LogP contribution in [0.5, 0.6) is 0 Å². The van der Waals surface area contributed by atoms with Crippen molar-refractivity contribution in [1.82, 2.24) is 0 Å². The monoisotopic (exact) mass is 168 g/mol. The van der Waals surface area contributed by atoms with E-state index in [4.69, 9.17) is 10.5 Å². The highest BCUT2D eigenvalue weighted by Crippen LogP contribution is 2.23. The molecule has 0 unspecified atom stereocenters.